The number of guanidine groups is 1. The Labute approximate surface area is 155 Å². The lowest BCUT2D eigenvalue weighted by Crippen LogP contribution is -2.39. The van der Waals surface area contributed by atoms with Crippen molar-refractivity contribution in [1.82, 2.24) is 15.2 Å². The molecule has 0 saturated carbocycles. The highest BCUT2D eigenvalue weighted by atomic mass is 16.5. The van der Waals surface area contributed by atoms with Gasteiger partial charge in [-0.3, -0.25) is 4.99 Å². The molecule has 1 unspecified atom stereocenters. The van der Waals surface area contributed by atoms with Gasteiger partial charge in [-0.2, -0.15) is 0 Å². The fourth-order valence-electron chi connectivity index (χ4n) is 3.51. The van der Waals surface area contributed by atoms with Gasteiger partial charge in [0.25, 0.3) is 0 Å². The van der Waals surface area contributed by atoms with Crippen LogP contribution in [0.3, 0.4) is 0 Å². The number of benzene rings is 1. The summed E-state index contributed by atoms with van der Waals surface area (Å²) in [5.74, 6) is 2.51. The lowest BCUT2D eigenvalue weighted by Gasteiger charge is -2.22. The Kier molecular flexibility index (Phi) is 5.93. The van der Waals surface area contributed by atoms with Crippen molar-refractivity contribution in [1.29, 1.82) is 0 Å². The first-order valence-electron chi connectivity index (χ1n) is 9.13. The zero-order valence-corrected chi connectivity index (χ0v) is 16.2. The standard InChI is InChI=1S/C20H29N5O/c1-21-20(25-10-9-15(13-25)14-26-4)22-12-16-11-19(24(2)3)23-18-8-6-5-7-17(16)18/h5-8,11,15H,9-10,12-14H2,1-4H3,(H,21,22). The molecule has 2 aromatic rings. The Morgan fingerprint density at radius 3 is 2.92 bits per heavy atom. The number of likely N-dealkylation sites (tertiary alicyclic amines) is 1. The van der Waals surface area contributed by atoms with E-state index in [9.17, 15) is 0 Å². The van der Waals surface area contributed by atoms with Crippen molar-refractivity contribution in [2.75, 3.05) is 52.8 Å². The van der Waals surface area contributed by atoms with Gasteiger partial charge in [0.15, 0.2) is 5.96 Å². The van der Waals surface area contributed by atoms with E-state index in [1.165, 1.54) is 10.9 Å². The average molecular weight is 355 g/mol. The second-order valence-electron chi connectivity index (χ2n) is 7.01. The lowest BCUT2D eigenvalue weighted by molar-refractivity contribution is 0.157. The number of nitrogens with one attached hydrogen (secondary N) is 1. The number of aromatic nitrogens is 1. The van der Waals surface area contributed by atoms with Crippen LogP contribution in [0.25, 0.3) is 10.9 Å². The minimum atomic E-state index is 0.584. The number of methoxy groups -OCH3 is 1. The molecule has 0 amide bonds. The molecule has 1 N–H and O–H groups in total. The maximum absolute atomic E-state index is 5.30. The largest absolute Gasteiger partial charge is 0.384 e. The van der Waals surface area contributed by atoms with E-state index >= 15 is 0 Å². The molecule has 140 valence electrons. The number of anilines is 1. The summed E-state index contributed by atoms with van der Waals surface area (Å²) in [6.45, 7) is 3.55. The normalized spacial score (nSPS) is 17.8. The Hall–Kier alpha value is -2.34. The van der Waals surface area contributed by atoms with Gasteiger partial charge in [-0.15, -0.1) is 0 Å². The molecule has 1 atom stereocenters. The van der Waals surface area contributed by atoms with Gasteiger partial charge < -0.3 is 19.9 Å². The number of rotatable bonds is 5. The van der Waals surface area contributed by atoms with Crippen molar-refractivity contribution in [3.63, 3.8) is 0 Å². The van der Waals surface area contributed by atoms with Crippen LogP contribution >= 0.6 is 0 Å². The number of ether oxygens (including phenoxy) is 1. The highest BCUT2D eigenvalue weighted by Crippen LogP contribution is 2.22. The summed E-state index contributed by atoms with van der Waals surface area (Å²) in [6, 6.07) is 10.4. The summed E-state index contributed by atoms with van der Waals surface area (Å²) < 4.78 is 5.30. The molecule has 3 rings (SSSR count). The number of para-hydroxylation sites is 1. The molecule has 0 bridgehead atoms. The summed E-state index contributed by atoms with van der Waals surface area (Å²) >= 11 is 0. The lowest BCUT2D eigenvalue weighted by atomic mass is 10.1. The third-order valence-corrected chi connectivity index (χ3v) is 4.88. The van der Waals surface area contributed by atoms with E-state index in [0.29, 0.717) is 5.92 Å². The van der Waals surface area contributed by atoms with Gasteiger partial charge in [0, 0.05) is 59.2 Å². The van der Waals surface area contributed by atoms with E-state index < -0.39 is 0 Å². The summed E-state index contributed by atoms with van der Waals surface area (Å²) in [7, 11) is 7.66. The first-order chi connectivity index (χ1) is 12.6. The van der Waals surface area contributed by atoms with Gasteiger partial charge in [-0.1, -0.05) is 18.2 Å². The van der Waals surface area contributed by atoms with E-state index in [4.69, 9.17) is 9.72 Å². The minimum Gasteiger partial charge on any atom is -0.384 e. The van der Waals surface area contributed by atoms with E-state index in [-0.39, 0.29) is 0 Å². The second-order valence-corrected chi connectivity index (χ2v) is 7.01. The molecule has 2 heterocycles. The SMILES string of the molecule is CN=C(NCc1cc(N(C)C)nc2ccccc12)N1CCC(COC)C1. The molecule has 0 spiro atoms. The van der Waals surface area contributed by atoms with Crippen molar-refractivity contribution in [2.45, 2.75) is 13.0 Å². The molecule has 1 saturated heterocycles. The minimum absolute atomic E-state index is 0.584. The molecular weight excluding hydrogens is 326 g/mol. The van der Waals surface area contributed by atoms with Crippen LogP contribution in [0.2, 0.25) is 0 Å². The molecule has 26 heavy (non-hydrogen) atoms. The Morgan fingerprint density at radius 2 is 2.19 bits per heavy atom. The summed E-state index contributed by atoms with van der Waals surface area (Å²) in [5.41, 5.74) is 2.25. The van der Waals surface area contributed by atoms with Crippen molar-refractivity contribution in [3.8, 4) is 0 Å². The zero-order valence-electron chi connectivity index (χ0n) is 16.2. The van der Waals surface area contributed by atoms with Gasteiger partial charge >= 0.3 is 0 Å². The van der Waals surface area contributed by atoms with Gasteiger partial charge in [0.1, 0.15) is 5.82 Å². The number of hydrogen-bond acceptors (Lipinski definition) is 4. The summed E-state index contributed by atoms with van der Waals surface area (Å²) in [5, 5.41) is 4.72. The monoisotopic (exact) mass is 355 g/mol. The van der Waals surface area contributed by atoms with Crippen molar-refractivity contribution in [3.05, 3.63) is 35.9 Å². The van der Waals surface area contributed by atoms with Crippen molar-refractivity contribution < 1.29 is 4.74 Å². The molecule has 0 aliphatic carbocycles. The molecule has 1 aliphatic heterocycles. The first kappa shape index (κ1) is 18.5. The topological polar surface area (TPSA) is 53.0 Å². The second kappa shape index (κ2) is 8.36. The van der Waals surface area contributed by atoms with E-state index in [1.807, 2.05) is 32.1 Å². The van der Waals surface area contributed by atoms with E-state index in [1.54, 1.807) is 7.11 Å². The summed E-state index contributed by atoms with van der Waals surface area (Å²) in [4.78, 5) is 13.6. The molecular formula is C20H29N5O. The number of nitrogens with zero attached hydrogens (tertiary/aromatic N) is 4. The van der Waals surface area contributed by atoms with Crippen LogP contribution in [0.4, 0.5) is 5.82 Å². The predicted octanol–water partition coefficient (Wildman–Crippen LogP) is 2.34. The molecule has 0 radical (unpaired) electrons. The van der Waals surface area contributed by atoms with Crippen LogP contribution in [0, 0.1) is 5.92 Å². The fourth-order valence-corrected chi connectivity index (χ4v) is 3.51. The Morgan fingerprint density at radius 1 is 1.38 bits per heavy atom. The van der Waals surface area contributed by atoms with Crippen LogP contribution in [0.15, 0.2) is 35.3 Å². The molecule has 1 aromatic carbocycles. The number of fused-ring (bicyclic) bond motifs is 1. The smallest absolute Gasteiger partial charge is 0.193 e. The maximum atomic E-state index is 5.30. The third kappa shape index (κ3) is 4.07. The quantitative estimate of drug-likeness (QED) is 0.659. The van der Waals surface area contributed by atoms with Gasteiger partial charge in [-0.05, 0) is 24.1 Å². The van der Waals surface area contributed by atoms with Crippen LogP contribution in [0.5, 0.6) is 0 Å². The summed E-state index contributed by atoms with van der Waals surface area (Å²) in [6.07, 6.45) is 1.15. The molecule has 1 fully saturated rings. The van der Waals surface area contributed by atoms with Crippen molar-refractivity contribution in [2.24, 2.45) is 10.9 Å². The number of aliphatic imine (C=N–C) groups is 1. The zero-order chi connectivity index (χ0) is 18.5. The van der Waals surface area contributed by atoms with Gasteiger partial charge in [-0.25, -0.2) is 4.98 Å². The fraction of sp³-hybridized carbons (Fsp3) is 0.500. The molecule has 6 nitrogen and oxygen atoms in total. The molecule has 1 aliphatic rings. The van der Waals surface area contributed by atoms with Crippen LogP contribution in [-0.2, 0) is 11.3 Å². The number of hydrogen-bond donors (Lipinski definition) is 1. The van der Waals surface area contributed by atoms with E-state index in [2.05, 4.69) is 39.5 Å². The molecule has 1 aromatic heterocycles. The van der Waals surface area contributed by atoms with Crippen LogP contribution < -0.4 is 10.2 Å². The third-order valence-electron chi connectivity index (χ3n) is 4.88. The van der Waals surface area contributed by atoms with E-state index in [0.717, 1.165) is 50.0 Å². The number of pyridine rings is 1. The van der Waals surface area contributed by atoms with Crippen LogP contribution in [0.1, 0.15) is 12.0 Å². The average Bonchev–Trinajstić information content (AvgIpc) is 3.10. The van der Waals surface area contributed by atoms with Crippen molar-refractivity contribution >= 4 is 22.7 Å². The highest BCUT2D eigenvalue weighted by Gasteiger charge is 2.24. The Bertz CT molecular complexity index is 774. The van der Waals surface area contributed by atoms with Gasteiger partial charge in [0.05, 0.1) is 12.1 Å². The van der Waals surface area contributed by atoms with Crippen LogP contribution in [-0.4, -0.2) is 63.8 Å². The maximum Gasteiger partial charge on any atom is 0.193 e. The molecule has 6 heteroatoms. The first-order valence-corrected chi connectivity index (χ1v) is 9.13. The highest BCUT2D eigenvalue weighted by molar-refractivity contribution is 5.85. The Balaban J connectivity index is 1.76. The predicted molar refractivity (Wildman–Crippen MR) is 108 cm³/mol. The van der Waals surface area contributed by atoms with Gasteiger partial charge in [0.2, 0.25) is 0 Å².